The van der Waals surface area contributed by atoms with Crippen molar-refractivity contribution in [2.75, 3.05) is 33.2 Å². The van der Waals surface area contributed by atoms with Gasteiger partial charge in [0.25, 0.3) is 5.91 Å². The van der Waals surface area contributed by atoms with Gasteiger partial charge in [-0.05, 0) is 19.2 Å². The van der Waals surface area contributed by atoms with Crippen molar-refractivity contribution in [2.24, 2.45) is 11.3 Å². The Kier molecular flexibility index (Phi) is 2.96. The molecule has 0 radical (unpaired) electrons. The highest BCUT2D eigenvalue weighted by molar-refractivity contribution is 6.01. The molecule has 0 unspecified atom stereocenters. The van der Waals surface area contributed by atoms with E-state index in [2.05, 4.69) is 5.10 Å². The molecule has 2 atom stereocenters. The number of likely N-dealkylation sites (tertiary alicyclic amines) is 2. The molecule has 23 heavy (non-hydrogen) atoms. The van der Waals surface area contributed by atoms with Gasteiger partial charge in [-0.25, -0.2) is 4.52 Å². The van der Waals surface area contributed by atoms with Crippen molar-refractivity contribution < 1.29 is 14.7 Å². The molecule has 7 nitrogen and oxygen atoms in total. The molecular weight excluding hydrogens is 296 g/mol. The first-order chi connectivity index (χ1) is 11.0. The topological polar surface area (TPSA) is 78.1 Å². The molecule has 0 saturated carbocycles. The second-order valence-electron chi connectivity index (χ2n) is 6.63. The van der Waals surface area contributed by atoms with Gasteiger partial charge < -0.3 is 14.9 Å². The maximum atomic E-state index is 12.9. The number of aromatic nitrogens is 2. The monoisotopic (exact) mass is 314 g/mol. The van der Waals surface area contributed by atoms with Crippen LogP contribution in [0.3, 0.4) is 0 Å². The lowest BCUT2D eigenvalue weighted by molar-refractivity contribution is -0.148. The number of amides is 1. The second-order valence-corrected chi connectivity index (χ2v) is 6.63. The fraction of sp³-hybridized carbons (Fsp3) is 0.438. The third kappa shape index (κ3) is 1.96. The van der Waals surface area contributed by atoms with Crippen molar-refractivity contribution in [2.45, 2.75) is 0 Å². The van der Waals surface area contributed by atoms with Gasteiger partial charge >= 0.3 is 5.97 Å². The van der Waals surface area contributed by atoms with E-state index in [1.807, 2.05) is 30.1 Å². The standard InChI is InChI=1S/C16H18N4O3/c1-18-7-11-8-19(10-16(11,9-18)15(22)23)14(21)12-6-17-20-5-3-2-4-13(12)20/h2-6,11H,7-10H2,1H3,(H,22,23)/t11-,16-/m0/s1. The SMILES string of the molecule is CN1C[C@H]2CN(C(=O)c3cnn4ccccc34)C[C@@]2(C(=O)O)C1. The van der Waals surface area contributed by atoms with Crippen molar-refractivity contribution in [3.05, 3.63) is 36.2 Å². The van der Waals surface area contributed by atoms with E-state index in [1.165, 1.54) is 0 Å². The largest absolute Gasteiger partial charge is 0.481 e. The fourth-order valence-corrected chi connectivity index (χ4v) is 4.04. The molecule has 2 saturated heterocycles. The molecule has 7 heteroatoms. The zero-order valence-electron chi connectivity index (χ0n) is 12.8. The Labute approximate surface area is 133 Å². The van der Waals surface area contributed by atoms with Gasteiger partial charge in [-0.15, -0.1) is 0 Å². The number of nitrogens with zero attached hydrogens (tertiary/aromatic N) is 4. The van der Waals surface area contributed by atoms with E-state index in [0.29, 0.717) is 25.2 Å². The van der Waals surface area contributed by atoms with Gasteiger partial charge in [-0.1, -0.05) is 6.07 Å². The fourth-order valence-electron chi connectivity index (χ4n) is 4.04. The van der Waals surface area contributed by atoms with Crippen LogP contribution in [0.25, 0.3) is 5.52 Å². The minimum atomic E-state index is -0.840. The molecule has 4 rings (SSSR count). The molecule has 0 aromatic carbocycles. The lowest BCUT2D eigenvalue weighted by Gasteiger charge is -2.24. The molecule has 120 valence electrons. The van der Waals surface area contributed by atoms with Crippen molar-refractivity contribution >= 4 is 17.4 Å². The Morgan fingerprint density at radius 3 is 2.87 bits per heavy atom. The number of carboxylic acids is 1. The number of hydrogen-bond donors (Lipinski definition) is 1. The Bertz CT molecular complexity index is 801. The number of pyridine rings is 1. The van der Waals surface area contributed by atoms with E-state index in [-0.39, 0.29) is 18.4 Å². The molecule has 0 bridgehead atoms. The summed E-state index contributed by atoms with van der Waals surface area (Å²) in [5.41, 5.74) is 0.434. The number of carboxylic acid groups (broad SMARTS) is 1. The molecular formula is C16H18N4O3. The first-order valence-corrected chi connectivity index (χ1v) is 7.65. The van der Waals surface area contributed by atoms with Crippen LogP contribution < -0.4 is 0 Å². The van der Waals surface area contributed by atoms with E-state index in [4.69, 9.17) is 0 Å². The number of carbonyl (C=O) groups is 2. The van der Waals surface area contributed by atoms with Crippen molar-refractivity contribution in [1.29, 1.82) is 0 Å². The maximum absolute atomic E-state index is 12.9. The predicted octanol–water partition coefficient (Wildman–Crippen LogP) is 0.423. The molecule has 4 heterocycles. The summed E-state index contributed by atoms with van der Waals surface area (Å²) in [6.45, 7) is 1.95. The molecule has 2 aromatic rings. The van der Waals surface area contributed by atoms with Crippen LogP contribution in [0.1, 0.15) is 10.4 Å². The van der Waals surface area contributed by atoms with Crippen LogP contribution in [0.2, 0.25) is 0 Å². The summed E-state index contributed by atoms with van der Waals surface area (Å²) >= 11 is 0. The molecule has 1 amide bonds. The highest BCUT2D eigenvalue weighted by Gasteiger charge is 2.57. The van der Waals surface area contributed by atoms with Gasteiger partial charge in [0.15, 0.2) is 0 Å². The van der Waals surface area contributed by atoms with E-state index in [9.17, 15) is 14.7 Å². The van der Waals surface area contributed by atoms with Crippen LogP contribution in [0.5, 0.6) is 0 Å². The number of rotatable bonds is 2. The van der Waals surface area contributed by atoms with Crippen LogP contribution in [0.15, 0.2) is 30.6 Å². The molecule has 0 aliphatic carbocycles. The van der Waals surface area contributed by atoms with Gasteiger partial charge in [0.1, 0.15) is 5.41 Å². The first kappa shape index (κ1) is 14.2. The highest BCUT2D eigenvalue weighted by atomic mass is 16.4. The number of hydrogen-bond acceptors (Lipinski definition) is 4. The Balaban J connectivity index is 1.65. The van der Waals surface area contributed by atoms with Crippen LogP contribution in [-0.4, -0.2) is 69.6 Å². The molecule has 0 spiro atoms. The van der Waals surface area contributed by atoms with E-state index in [0.717, 1.165) is 5.52 Å². The summed E-state index contributed by atoms with van der Waals surface area (Å²) in [6, 6.07) is 5.56. The minimum absolute atomic E-state index is 0.0178. The molecule has 2 aliphatic rings. The number of aliphatic carboxylic acids is 1. The van der Waals surface area contributed by atoms with Crippen LogP contribution in [-0.2, 0) is 4.79 Å². The normalized spacial score (nSPS) is 27.5. The van der Waals surface area contributed by atoms with Crippen LogP contribution in [0, 0.1) is 11.3 Å². The Morgan fingerprint density at radius 2 is 2.13 bits per heavy atom. The summed E-state index contributed by atoms with van der Waals surface area (Å²) in [6.07, 6.45) is 3.35. The molecule has 2 aliphatic heterocycles. The number of fused-ring (bicyclic) bond motifs is 2. The first-order valence-electron chi connectivity index (χ1n) is 7.65. The van der Waals surface area contributed by atoms with E-state index < -0.39 is 11.4 Å². The minimum Gasteiger partial charge on any atom is -0.481 e. The highest BCUT2D eigenvalue weighted by Crippen LogP contribution is 2.42. The lowest BCUT2D eigenvalue weighted by atomic mass is 9.81. The Morgan fingerprint density at radius 1 is 1.30 bits per heavy atom. The molecule has 2 aromatic heterocycles. The van der Waals surface area contributed by atoms with Gasteiger partial charge in [0, 0.05) is 38.3 Å². The molecule has 1 N–H and O–H groups in total. The van der Waals surface area contributed by atoms with Gasteiger partial charge in [0.05, 0.1) is 17.3 Å². The smallest absolute Gasteiger partial charge is 0.313 e. The third-order valence-corrected chi connectivity index (χ3v) is 5.15. The van der Waals surface area contributed by atoms with Crippen molar-refractivity contribution in [3.8, 4) is 0 Å². The average molecular weight is 314 g/mol. The summed E-state index contributed by atoms with van der Waals surface area (Å²) < 4.78 is 1.66. The predicted molar refractivity (Wildman–Crippen MR) is 82.2 cm³/mol. The van der Waals surface area contributed by atoms with Crippen LogP contribution in [0.4, 0.5) is 0 Å². The summed E-state index contributed by atoms with van der Waals surface area (Å²) in [7, 11) is 1.93. The maximum Gasteiger partial charge on any atom is 0.313 e. The second kappa shape index (κ2) is 4.79. The van der Waals surface area contributed by atoms with Gasteiger partial charge in [-0.3, -0.25) is 9.59 Å². The Hall–Kier alpha value is -2.41. The van der Waals surface area contributed by atoms with E-state index in [1.54, 1.807) is 21.8 Å². The van der Waals surface area contributed by atoms with Crippen LogP contribution >= 0.6 is 0 Å². The van der Waals surface area contributed by atoms with Crippen molar-refractivity contribution in [3.63, 3.8) is 0 Å². The zero-order valence-corrected chi connectivity index (χ0v) is 12.8. The van der Waals surface area contributed by atoms with E-state index >= 15 is 0 Å². The quantitative estimate of drug-likeness (QED) is 0.869. The van der Waals surface area contributed by atoms with Gasteiger partial charge in [-0.2, -0.15) is 5.10 Å². The molecule has 2 fully saturated rings. The summed E-state index contributed by atoms with van der Waals surface area (Å²) in [4.78, 5) is 28.4. The summed E-state index contributed by atoms with van der Waals surface area (Å²) in [5.74, 6) is -0.957. The zero-order chi connectivity index (χ0) is 16.2. The summed E-state index contributed by atoms with van der Waals surface area (Å²) in [5, 5.41) is 13.9. The lowest BCUT2D eigenvalue weighted by Crippen LogP contribution is -2.41. The third-order valence-electron chi connectivity index (χ3n) is 5.15. The van der Waals surface area contributed by atoms with Crippen molar-refractivity contribution in [1.82, 2.24) is 19.4 Å². The van der Waals surface area contributed by atoms with Gasteiger partial charge in [0.2, 0.25) is 0 Å². The average Bonchev–Trinajstić information content (AvgIpc) is 3.16. The number of carbonyl (C=O) groups excluding carboxylic acids is 1.